The molecule has 0 aliphatic heterocycles. The molecule has 0 spiro atoms. The summed E-state index contributed by atoms with van der Waals surface area (Å²) < 4.78 is 9.03. The molecule has 0 atom stereocenters. The van der Waals surface area contributed by atoms with Crippen LogP contribution in [-0.2, 0) is 0 Å². The summed E-state index contributed by atoms with van der Waals surface area (Å²) in [6.45, 7) is 0. The van der Waals surface area contributed by atoms with Crippen molar-refractivity contribution in [3.63, 3.8) is 0 Å². The third-order valence-corrected chi connectivity index (χ3v) is 18.8. The average Bonchev–Trinajstić information content (AvgIpc) is 3.95. The van der Waals surface area contributed by atoms with Gasteiger partial charge in [-0.25, -0.2) is 0 Å². The van der Waals surface area contributed by atoms with Crippen molar-refractivity contribution in [2.45, 2.75) is 0 Å². The number of benzene rings is 10. The van der Waals surface area contributed by atoms with Crippen LogP contribution in [0.1, 0.15) is 0 Å². The van der Waals surface area contributed by atoms with E-state index < -0.39 is 8.07 Å². The first-order valence-electron chi connectivity index (χ1n) is 21.8. The monoisotopic (exact) mass is 851 g/mol. The molecular formula is C60H41NOSSi. The molecule has 0 saturated heterocycles. The van der Waals surface area contributed by atoms with Crippen molar-refractivity contribution >= 4 is 99.3 Å². The van der Waals surface area contributed by atoms with Crippen molar-refractivity contribution in [2.24, 2.45) is 0 Å². The van der Waals surface area contributed by atoms with Crippen LogP contribution in [0.25, 0.3) is 64.4 Å². The number of para-hydroxylation sites is 1. The third kappa shape index (κ3) is 6.30. The molecular weight excluding hydrogens is 811 g/mol. The Morgan fingerprint density at radius 1 is 0.344 bits per heavy atom. The van der Waals surface area contributed by atoms with E-state index in [-0.39, 0.29) is 0 Å². The first-order chi connectivity index (χ1) is 31.7. The normalized spacial score (nSPS) is 11.8. The van der Waals surface area contributed by atoms with Crippen molar-refractivity contribution in [3.8, 4) is 22.3 Å². The molecule has 10 aromatic carbocycles. The van der Waals surface area contributed by atoms with Gasteiger partial charge in [-0.15, -0.1) is 11.3 Å². The number of anilines is 3. The second kappa shape index (κ2) is 15.9. The summed E-state index contributed by atoms with van der Waals surface area (Å²) in [5.41, 5.74) is 9.80. The lowest BCUT2D eigenvalue weighted by molar-refractivity contribution is 0.669. The Morgan fingerprint density at radius 2 is 0.844 bits per heavy atom. The molecule has 0 unspecified atom stereocenters. The molecule has 0 amide bonds. The van der Waals surface area contributed by atoms with E-state index in [0.29, 0.717) is 0 Å². The molecule has 2 heterocycles. The predicted octanol–water partition coefficient (Wildman–Crippen LogP) is 14.1. The van der Waals surface area contributed by atoms with E-state index in [1.165, 1.54) is 63.2 Å². The molecule has 0 bridgehead atoms. The molecule has 0 radical (unpaired) electrons. The Balaban J connectivity index is 1.00. The lowest BCUT2D eigenvalue weighted by Gasteiger charge is -2.34. The number of fused-ring (bicyclic) bond motifs is 6. The highest BCUT2D eigenvalue weighted by Gasteiger charge is 2.41. The van der Waals surface area contributed by atoms with Crippen molar-refractivity contribution < 1.29 is 4.42 Å². The molecule has 0 aliphatic carbocycles. The lowest BCUT2D eigenvalue weighted by atomic mass is 9.98. The second-order valence-electron chi connectivity index (χ2n) is 16.4. The minimum Gasteiger partial charge on any atom is -0.456 e. The van der Waals surface area contributed by atoms with E-state index in [2.05, 4.69) is 248 Å². The minimum atomic E-state index is -2.63. The standard InChI is InChI=1S/C60H41NOSSi/c1-5-17-44(18-6-1)51-26-15-29-57-59(51)60-54(27-16-30-58(60)63-57)61(46-37-40-53-52-25-13-14-28-55(52)62-56(53)41-46)45-35-31-42(32-36-45)43-33-38-50(39-34-43)64(47-19-7-2-8-20-47,48-21-9-3-10-22-48)49-23-11-4-12-24-49/h1-41H. The molecule has 0 fully saturated rings. The van der Waals surface area contributed by atoms with Gasteiger partial charge in [0.2, 0.25) is 0 Å². The fourth-order valence-corrected chi connectivity index (χ4v) is 15.9. The Bertz CT molecular complexity index is 3490. The van der Waals surface area contributed by atoms with Gasteiger partial charge in [0, 0.05) is 48.4 Å². The number of hydrogen-bond acceptors (Lipinski definition) is 3. The highest BCUT2D eigenvalue weighted by molar-refractivity contribution is 7.26. The Labute approximate surface area is 377 Å². The Morgan fingerprint density at radius 3 is 1.48 bits per heavy atom. The maximum atomic E-state index is 6.51. The predicted molar refractivity (Wildman–Crippen MR) is 276 cm³/mol. The quantitative estimate of drug-likeness (QED) is 0.106. The highest BCUT2D eigenvalue weighted by atomic mass is 32.1. The van der Waals surface area contributed by atoms with Crippen LogP contribution in [0.4, 0.5) is 17.1 Å². The van der Waals surface area contributed by atoms with Gasteiger partial charge >= 0.3 is 0 Å². The number of thiophene rings is 1. The summed E-state index contributed by atoms with van der Waals surface area (Å²) in [7, 11) is -2.63. The van der Waals surface area contributed by atoms with Gasteiger partial charge in [0.1, 0.15) is 11.2 Å². The van der Waals surface area contributed by atoms with Crippen molar-refractivity contribution in [1.82, 2.24) is 0 Å². The summed E-state index contributed by atoms with van der Waals surface area (Å²) in [4.78, 5) is 2.41. The Hall–Kier alpha value is -7.76. The molecule has 0 N–H and O–H groups in total. The molecule has 64 heavy (non-hydrogen) atoms. The van der Waals surface area contributed by atoms with E-state index in [1.807, 2.05) is 17.4 Å². The zero-order valence-corrected chi connectivity index (χ0v) is 36.8. The molecule has 0 aliphatic rings. The van der Waals surface area contributed by atoms with E-state index in [4.69, 9.17) is 4.42 Å². The maximum absolute atomic E-state index is 6.51. The second-order valence-corrected chi connectivity index (χ2v) is 21.3. The van der Waals surface area contributed by atoms with E-state index in [1.54, 1.807) is 0 Å². The topological polar surface area (TPSA) is 16.4 Å². The van der Waals surface area contributed by atoms with Gasteiger partial charge < -0.3 is 9.32 Å². The van der Waals surface area contributed by atoms with Crippen LogP contribution in [0.2, 0.25) is 0 Å². The number of hydrogen-bond donors (Lipinski definition) is 0. The van der Waals surface area contributed by atoms with Gasteiger partial charge in [-0.2, -0.15) is 0 Å². The summed E-state index contributed by atoms with van der Waals surface area (Å²) >= 11 is 1.85. The van der Waals surface area contributed by atoms with Crippen LogP contribution in [0.3, 0.4) is 0 Å². The zero-order chi connectivity index (χ0) is 42.5. The fraction of sp³-hybridized carbons (Fsp3) is 0. The van der Waals surface area contributed by atoms with Crippen LogP contribution in [0, 0.1) is 0 Å². The van der Waals surface area contributed by atoms with Crippen molar-refractivity contribution in [2.75, 3.05) is 4.90 Å². The largest absolute Gasteiger partial charge is 0.456 e. The number of furan rings is 1. The van der Waals surface area contributed by atoms with Crippen LogP contribution in [0.5, 0.6) is 0 Å². The molecule has 0 saturated carbocycles. The maximum Gasteiger partial charge on any atom is 0.179 e. The fourth-order valence-electron chi connectivity index (χ4n) is 9.95. The first-order valence-corrected chi connectivity index (χ1v) is 24.6. The zero-order valence-electron chi connectivity index (χ0n) is 34.9. The molecule has 4 heteroatoms. The third-order valence-electron chi connectivity index (χ3n) is 12.8. The van der Waals surface area contributed by atoms with Gasteiger partial charge in [0.15, 0.2) is 8.07 Å². The van der Waals surface area contributed by atoms with Gasteiger partial charge in [0.05, 0.1) is 5.69 Å². The minimum absolute atomic E-state index is 0.869. The van der Waals surface area contributed by atoms with E-state index in [0.717, 1.165) is 39.0 Å². The SMILES string of the molecule is c1ccc(-c2cccc3sc4cccc(N(c5ccc(-c6ccc([Si](c7ccccc7)(c7ccccc7)c7ccccc7)cc6)cc5)c5ccc6c(c5)oc5ccccc56)c4c23)cc1. The van der Waals surface area contributed by atoms with Crippen molar-refractivity contribution in [3.05, 3.63) is 249 Å². The summed E-state index contributed by atoms with van der Waals surface area (Å²) in [6, 6.07) is 91.0. The first kappa shape index (κ1) is 38.0. The molecule has 2 aromatic heterocycles. The van der Waals surface area contributed by atoms with Crippen LogP contribution >= 0.6 is 11.3 Å². The molecule has 2 nitrogen and oxygen atoms in total. The molecule has 12 aromatic rings. The summed E-state index contributed by atoms with van der Waals surface area (Å²) in [6.07, 6.45) is 0. The van der Waals surface area contributed by atoms with Crippen LogP contribution in [0.15, 0.2) is 253 Å². The van der Waals surface area contributed by atoms with E-state index >= 15 is 0 Å². The summed E-state index contributed by atoms with van der Waals surface area (Å²) in [5, 5.41) is 10.2. The van der Waals surface area contributed by atoms with Gasteiger partial charge in [0.25, 0.3) is 0 Å². The van der Waals surface area contributed by atoms with Gasteiger partial charge in [-0.3, -0.25) is 0 Å². The Kier molecular flexibility index (Phi) is 9.40. The average molecular weight is 852 g/mol. The smallest absolute Gasteiger partial charge is 0.179 e. The highest BCUT2D eigenvalue weighted by Crippen LogP contribution is 2.48. The molecule has 302 valence electrons. The molecule has 12 rings (SSSR count). The van der Waals surface area contributed by atoms with E-state index in [9.17, 15) is 0 Å². The van der Waals surface area contributed by atoms with Gasteiger partial charge in [-0.05, 0) is 91.5 Å². The van der Waals surface area contributed by atoms with Gasteiger partial charge in [-0.1, -0.05) is 194 Å². The lowest BCUT2D eigenvalue weighted by Crippen LogP contribution is -2.74. The summed E-state index contributed by atoms with van der Waals surface area (Å²) in [5.74, 6) is 0. The van der Waals surface area contributed by atoms with Crippen molar-refractivity contribution in [1.29, 1.82) is 0 Å². The number of nitrogens with zero attached hydrogens (tertiary/aromatic N) is 1. The van der Waals surface area contributed by atoms with Crippen LogP contribution < -0.4 is 25.6 Å². The van der Waals surface area contributed by atoms with Crippen LogP contribution in [-0.4, -0.2) is 8.07 Å². The number of rotatable bonds is 9.